The number of rotatable bonds is 12. The van der Waals surface area contributed by atoms with E-state index in [0.717, 1.165) is 47.6 Å². The quantitative estimate of drug-likeness (QED) is 0.234. The lowest BCUT2D eigenvalue weighted by Crippen LogP contribution is -2.57. The van der Waals surface area contributed by atoms with Crippen LogP contribution in [-0.4, -0.2) is 69.4 Å². The predicted octanol–water partition coefficient (Wildman–Crippen LogP) is 5.99. The number of alkyl carbamates (subject to hydrolysis) is 1. The summed E-state index contributed by atoms with van der Waals surface area (Å²) in [5.74, 6) is -0.245. The van der Waals surface area contributed by atoms with Gasteiger partial charge in [0.05, 0.1) is 27.4 Å². The van der Waals surface area contributed by atoms with Gasteiger partial charge < -0.3 is 29.2 Å². The van der Waals surface area contributed by atoms with Crippen molar-refractivity contribution < 1.29 is 33.3 Å². The minimum atomic E-state index is -0.996. The zero-order chi connectivity index (χ0) is 32.3. The topological polar surface area (TPSA) is 103 Å². The van der Waals surface area contributed by atoms with Crippen LogP contribution in [0.15, 0.2) is 49.6 Å². The standard InChI is InChI=1S/C35H46N2O7/c1-9-13-34(14-15-34)16-17-44-32(40)36-29(33(3,4)5)30(38)37-22-35(43-8,21-27(37)31(39)42-7)26-12-11-24-20-28(41-6)23(10-2)18-25(24)19-26/h9-12,18-20,27,29H,1-2,13-17,21-22H2,3-8H3,(H,36,40)/t27?,29-,35?/m1/s1. The second kappa shape index (κ2) is 13.0. The lowest BCUT2D eigenvalue weighted by molar-refractivity contribution is -0.152. The summed E-state index contributed by atoms with van der Waals surface area (Å²) >= 11 is 0. The molecule has 1 aliphatic carbocycles. The first kappa shape index (κ1) is 33.1. The molecule has 3 atom stereocenters. The van der Waals surface area contributed by atoms with E-state index in [9.17, 15) is 14.4 Å². The normalized spacial score (nSPS) is 21.3. The Hall–Kier alpha value is -3.85. The fourth-order valence-corrected chi connectivity index (χ4v) is 6.21. The molecule has 9 nitrogen and oxygen atoms in total. The van der Waals surface area contributed by atoms with Crippen molar-refractivity contribution in [3.05, 3.63) is 60.7 Å². The second-order valence-electron chi connectivity index (χ2n) is 13.1. The van der Waals surface area contributed by atoms with Gasteiger partial charge in [-0.15, -0.1) is 6.58 Å². The zero-order valence-corrected chi connectivity index (χ0v) is 26.9. The highest BCUT2D eigenvalue weighted by Crippen LogP contribution is 2.52. The minimum absolute atomic E-state index is 0.0887. The van der Waals surface area contributed by atoms with Gasteiger partial charge in [0.25, 0.3) is 0 Å². The van der Waals surface area contributed by atoms with Crippen LogP contribution >= 0.6 is 0 Å². The number of nitrogens with zero attached hydrogens (tertiary/aromatic N) is 1. The number of allylic oxidation sites excluding steroid dienone is 1. The monoisotopic (exact) mass is 606 g/mol. The summed E-state index contributed by atoms with van der Waals surface area (Å²) in [6, 6.07) is 7.96. The van der Waals surface area contributed by atoms with Crippen LogP contribution in [0, 0.1) is 10.8 Å². The van der Waals surface area contributed by atoms with E-state index in [1.165, 1.54) is 12.0 Å². The number of carbonyl (C=O) groups excluding carboxylic acids is 3. The fourth-order valence-electron chi connectivity index (χ4n) is 6.21. The first-order chi connectivity index (χ1) is 20.9. The third kappa shape index (κ3) is 6.78. The van der Waals surface area contributed by atoms with Crippen LogP contribution < -0.4 is 10.1 Å². The van der Waals surface area contributed by atoms with E-state index in [2.05, 4.69) is 18.5 Å². The molecule has 2 aliphatic rings. The molecule has 44 heavy (non-hydrogen) atoms. The molecular weight excluding hydrogens is 560 g/mol. The van der Waals surface area contributed by atoms with Gasteiger partial charge in [-0.2, -0.15) is 0 Å². The SMILES string of the molecule is C=CCC1(CCOC(=O)N[C@H](C(=O)N2CC(OC)(c3ccc4cc(OC)c(C=C)cc4c3)CC2C(=O)OC)C(C)(C)C)CC1. The van der Waals surface area contributed by atoms with Gasteiger partial charge in [0, 0.05) is 19.1 Å². The number of ether oxygens (including phenoxy) is 4. The van der Waals surface area contributed by atoms with Crippen LogP contribution in [0.5, 0.6) is 5.75 Å². The Bertz CT molecular complexity index is 1420. The molecule has 1 aliphatic heterocycles. The van der Waals surface area contributed by atoms with E-state index in [0.29, 0.717) is 5.75 Å². The molecule has 1 N–H and O–H groups in total. The van der Waals surface area contributed by atoms with Crippen molar-refractivity contribution in [2.45, 2.75) is 70.6 Å². The van der Waals surface area contributed by atoms with Crippen LogP contribution in [0.4, 0.5) is 4.79 Å². The highest BCUT2D eigenvalue weighted by molar-refractivity contribution is 5.92. The van der Waals surface area contributed by atoms with Crippen molar-refractivity contribution in [2.24, 2.45) is 10.8 Å². The fraction of sp³-hybridized carbons (Fsp3) is 0.514. The van der Waals surface area contributed by atoms with E-state index >= 15 is 0 Å². The Balaban J connectivity index is 1.60. The van der Waals surface area contributed by atoms with Crippen LogP contribution in [0.1, 0.15) is 64.0 Å². The number of fused-ring (bicyclic) bond motifs is 1. The number of amides is 2. The Morgan fingerprint density at radius 3 is 2.39 bits per heavy atom. The average Bonchev–Trinajstić information content (AvgIpc) is 3.65. The summed E-state index contributed by atoms with van der Waals surface area (Å²) < 4.78 is 22.3. The molecule has 1 heterocycles. The summed E-state index contributed by atoms with van der Waals surface area (Å²) in [7, 11) is 4.49. The number of esters is 1. The summed E-state index contributed by atoms with van der Waals surface area (Å²) in [6.07, 6.45) is 7.00. The van der Waals surface area contributed by atoms with Crippen LogP contribution in [-0.2, 0) is 29.4 Å². The molecule has 9 heteroatoms. The van der Waals surface area contributed by atoms with Gasteiger partial charge in [0.1, 0.15) is 23.4 Å². The third-order valence-corrected chi connectivity index (χ3v) is 9.18. The zero-order valence-electron chi connectivity index (χ0n) is 26.9. The van der Waals surface area contributed by atoms with Crippen LogP contribution in [0.25, 0.3) is 16.8 Å². The maximum atomic E-state index is 14.2. The molecule has 0 spiro atoms. The number of hydrogen-bond donors (Lipinski definition) is 1. The lowest BCUT2D eigenvalue weighted by Gasteiger charge is -2.35. The molecule has 2 aromatic carbocycles. The molecule has 2 amide bonds. The predicted molar refractivity (Wildman–Crippen MR) is 170 cm³/mol. The van der Waals surface area contributed by atoms with Crippen molar-refractivity contribution in [1.29, 1.82) is 0 Å². The number of nitrogens with one attached hydrogen (secondary N) is 1. The van der Waals surface area contributed by atoms with Crippen molar-refractivity contribution in [3.63, 3.8) is 0 Å². The highest BCUT2D eigenvalue weighted by atomic mass is 16.5. The largest absolute Gasteiger partial charge is 0.496 e. The Morgan fingerprint density at radius 2 is 1.82 bits per heavy atom. The first-order valence-corrected chi connectivity index (χ1v) is 15.1. The van der Waals surface area contributed by atoms with Crippen molar-refractivity contribution >= 4 is 34.8 Å². The Morgan fingerprint density at radius 1 is 1.09 bits per heavy atom. The van der Waals surface area contributed by atoms with E-state index in [4.69, 9.17) is 18.9 Å². The molecule has 1 saturated heterocycles. The first-order valence-electron chi connectivity index (χ1n) is 15.1. The maximum Gasteiger partial charge on any atom is 0.407 e. The summed E-state index contributed by atoms with van der Waals surface area (Å²) in [5.41, 5.74) is 0.154. The number of carbonyl (C=O) groups is 3. The third-order valence-electron chi connectivity index (χ3n) is 9.18. The van der Waals surface area contributed by atoms with Gasteiger partial charge in [0.2, 0.25) is 5.91 Å². The van der Waals surface area contributed by atoms with Crippen molar-refractivity contribution in [3.8, 4) is 5.75 Å². The molecule has 4 rings (SSSR count). The molecule has 0 aromatic heterocycles. The van der Waals surface area contributed by atoms with Crippen molar-refractivity contribution in [2.75, 3.05) is 34.5 Å². The van der Waals surface area contributed by atoms with Gasteiger partial charge >= 0.3 is 12.1 Å². The summed E-state index contributed by atoms with van der Waals surface area (Å²) in [4.78, 5) is 41.7. The molecule has 1 saturated carbocycles. The van der Waals surface area contributed by atoms with Crippen molar-refractivity contribution in [1.82, 2.24) is 10.2 Å². The van der Waals surface area contributed by atoms with Gasteiger partial charge in [0.15, 0.2) is 0 Å². The molecule has 2 aromatic rings. The van der Waals surface area contributed by atoms with E-state index in [1.807, 2.05) is 57.2 Å². The smallest absolute Gasteiger partial charge is 0.407 e. The number of hydrogen-bond acceptors (Lipinski definition) is 7. The highest BCUT2D eigenvalue weighted by Gasteiger charge is 2.53. The van der Waals surface area contributed by atoms with Gasteiger partial charge in [-0.25, -0.2) is 9.59 Å². The number of methoxy groups -OCH3 is 3. The Labute approximate surface area is 260 Å². The van der Waals surface area contributed by atoms with E-state index in [-0.39, 0.29) is 25.0 Å². The summed E-state index contributed by atoms with van der Waals surface area (Å²) in [6.45, 7) is 13.7. The molecule has 238 valence electrons. The van der Waals surface area contributed by atoms with Gasteiger partial charge in [-0.1, -0.05) is 51.6 Å². The van der Waals surface area contributed by atoms with Gasteiger partial charge in [-0.05, 0) is 71.0 Å². The summed E-state index contributed by atoms with van der Waals surface area (Å²) in [5, 5.41) is 4.70. The minimum Gasteiger partial charge on any atom is -0.496 e. The maximum absolute atomic E-state index is 14.2. The Kier molecular flexibility index (Phi) is 9.78. The molecule has 2 unspecified atom stereocenters. The average molecular weight is 607 g/mol. The number of benzene rings is 2. The molecule has 0 bridgehead atoms. The van der Waals surface area contributed by atoms with E-state index in [1.54, 1.807) is 20.3 Å². The lowest BCUT2D eigenvalue weighted by atomic mass is 9.85. The van der Waals surface area contributed by atoms with E-state index < -0.39 is 41.1 Å². The number of likely N-dealkylation sites (tertiary alicyclic amines) is 1. The van der Waals surface area contributed by atoms with Gasteiger partial charge in [-0.3, -0.25) is 4.79 Å². The van der Waals surface area contributed by atoms with Crippen LogP contribution in [0.2, 0.25) is 0 Å². The molecular formula is C35H46N2O7. The van der Waals surface area contributed by atoms with Crippen LogP contribution in [0.3, 0.4) is 0 Å². The molecule has 2 fully saturated rings. The second-order valence-corrected chi connectivity index (χ2v) is 13.1. The molecule has 0 radical (unpaired) electrons.